The number of hydrogen-bond acceptors (Lipinski definition) is 4. The lowest BCUT2D eigenvalue weighted by atomic mass is 10.2. The van der Waals surface area contributed by atoms with Gasteiger partial charge in [-0.1, -0.05) is 0 Å². The van der Waals surface area contributed by atoms with Gasteiger partial charge >= 0.3 is 5.97 Å². The number of carbonyl (C=O) groups is 2. The van der Waals surface area contributed by atoms with Crippen LogP contribution >= 0.6 is 0 Å². The largest absolute Gasteiger partial charge is 0.465 e. The van der Waals surface area contributed by atoms with Crippen molar-refractivity contribution in [3.8, 4) is 0 Å². The van der Waals surface area contributed by atoms with E-state index in [1.165, 1.54) is 16.9 Å². The minimum Gasteiger partial charge on any atom is -0.465 e. The summed E-state index contributed by atoms with van der Waals surface area (Å²) >= 11 is 0. The Morgan fingerprint density at radius 3 is 2.21 bits per heavy atom. The number of benzene rings is 1. The number of nitrogens with one attached hydrogen (secondary N) is 3. The summed E-state index contributed by atoms with van der Waals surface area (Å²) in [5.41, 5.74) is 1.14. The molecule has 0 unspecified atom stereocenters. The molecule has 0 saturated carbocycles. The van der Waals surface area contributed by atoms with Crippen LogP contribution < -0.4 is 15.1 Å². The molecule has 4 N–H and O–H groups in total. The molecule has 0 radical (unpaired) electrons. The van der Waals surface area contributed by atoms with Crippen molar-refractivity contribution < 1.29 is 29.2 Å². The first-order valence-corrected chi connectivity index (χ1v) is 8.38. The molecule has 1 saturated heterocycles. The number of aliphatic hydroxyl groups excluding tert-OH is 1. The van der Waals surface area contributed by atoms with E-state index in [1.807, 2.05) is 0 Å². The molecule has 1 fully saturated rings. The number of esters is 1. The second kappa shape index (κ2) is 9.36. The number of ether oxygens (including phenoxy) is 1. The molecule has 1 aliphatic rings. The highest BCUT2D eigenvalue weighted by molar-refractivity contribution is 5.93. The summed E-state index contributed by atoms with van der Waals surface area (Å²) in [6, 6.07) is 6.67. The van der Waals surface area contributed by atoms with E-state index >= 15 is 0 Å². The van der Waals surface area contributed by atoms with Crippen LogP contribution in [0.1, 0.15) is 16.8 Å². The summed E-state index contributed by atoms with van der Waals surface area (Å²) in [5, 5.41) is 11.8. The maximum absolute atomic E-state index is 12.0. The summed E-state index contributed by atoms with van der Waals surface area (Å²) in [4.78, 5) is 26.3. The Morgan fingerprint density at radius 1 is 1.08 bits per heavy atom. The summed E-state index contributed by atoms with van der Waals surface area (Å²) in [6.07, 6.45) is 0.476. The molecule has 1 aromatic rings. The molecular formula is C17H27N3O4+2. The Balaban J connectivity index is 1.71. The van der Waals surface area contributed by atoms with E-state index < -0.39 is 0 Å². The quantitative estimate of drug-likeness (QED) is 0.417. The number of carbonyl (C=O) groups excluding carboxylic acids is 2. The molecule has 7 heteroatoms. The Morgan fingerprint density at radius 2 is 1.67 bits per heavy atom. The van der Waals surface area contributed by atoms with Crippen LogP contribution in [-0.2, 0) is 9.53 Å². The van der Waals surface area contributed by atoms with E-state index in [0.29, 0.717) is 17.7 Å². The maximum Gasteiger partial charge on any atom is 0.337 e. The average molecular weight is 337 g/mol. The zero-order valence-corrected chi connectivity index (χ0v) is 14.1. The van der Waals surface area contributed by atoms with Crippen LogP contribution in [0.15, 0.2) is 24.3 Å². The first-order valence-electron chi connectivity index (χ1n) is 8.38. The van der Waals surface area contributed by atoms with Crippen LogP contribution in [0.3, 0.4) is 0 Å². The van der Waals surface area contributed by atoms with Crippen LogP contribution in [0.25, 0.3) is 0 Å². The van der Waals surface area contributed by atoms with Gasteiger partial charge in [0.05, 0.1) is 32.2 Å². The molecule has 24 heavy (non-hydrogen) atoms. The van der Waals surface area contributed by atoms with E-state index in [4.69, 9.17) is 5.11 Å². The highest BCUT2D eigenvalue weighted by Gasteiger charge is 2.22. The van der Waals surface area contributed by atoms with Gasteiger partial charge in [-0.15, -0.1) is 0 Å². The van der Waals surface area contributed by atoms with Crippen LogP contribution in [0, 0.1) is 0 Å². The van der Waals surface area contributed by atoms with Crippen molar-refractivity contribution in [3.05, 3.63) is 29.8 Å². The lowest BCUT2D eigenvalue weighted by Crippen LogP contribution is -3.28. The number of piperazine rings is 1. The minimum absolute atomic E-state index is 0.0153. The van der Waals surface area contributed by atoms with Crippen LogP contribution in [0.5, 0.6) is 0 Å². The number of methoxy groups -OCH3 is 1. The second-order valence-corrected chi connectivity index (χ2v) is 6.09. The summed E-state index contributed by atoms with van der Waals surface area (Å²) in [5.74, 6) is -0.405. The van der Waals surface area contributed by atoms with Gasteiger partial charge in [-0.2, -0.15) is 0 Å². The molecule has 1 heterocycles. The van der Waals surface area contributed by atoms with E-state index in [9.17, 15) is 9.59 Å². The van der Waals surface area contributed by atoms with Gasteiger partial charge in [0.1, 0.15) is 32.7 Å². The van der Waals surface area contributed by atoms with Gasteiger partial charge in [-0.25, -0.2) is 4.79 Å². The molecule has 1 amide bonds. The van der Waals surface area contributed by atoms with E-state index in [0.717, 1.165) is 39.3 Å². The predicted molar refractivity (Wildman–Crippen MR) is 89.2 cm³/mol. The molecule has 0 aromatic heterocycles. The van der Waals surface area contributed by atoms with Crippen molar-refractivity contribution >= 4 is 17.6 Å². The van der Waals surface area contributed by atoms with Gasteiger partial charge in [0.2, 0.25) is 5.91 Å². The minimum atomic E-state index is -0.390. The number of hydrogen-bond donors (Lipinski definition) is 4. The lowest BCUT2D eigenvalue weighted by Gasteiger charge is -2.29. The number of aliphatic hydroxyl groups is 1. The van der Waals surface area contributed by atoms with Crippen LogP contribution in [0.4, 0.5) is 5.69 Å². The van der Waals surface area contributed by atoms with Gasteiger partial charge in [0, 0.05) is 5.69 Å². The van der Waals surface area contributed by atoms with Crippen molar-refractivity contribution in [1.29, 1.82) is 0 Å². The van der Waals surface area contributed by atoms with E-state index in [2.05, 4.69) is 10.1 Å². The summed E-state index contributed by atoms with van der Waals surface area (Å²) in [7, 11) is 1.34. The highest BCUT2D eigenvalue weighted by Crippen LogP contribution is 2.10. The molecule has 132 valence electrons. The van der Waals surface area contributed by atoms with Gasteiger partial charge in [0.15, 0.2) is 0 Å². The second-order valence-electron chi connectivity index (χ2n) is 6.09. The van der Waals surface area contributed by atoms with Crippen LogP contribution in [-0.4, -0.2) is 70.0 Å². The monoisotopic (exact) mass is 337 g/mol. The Kier molecular flexibility index (Phi) is 7.17. The number of rotatable bonds is 7. The van der Waals surface area contributed by atoms with Crippen molar-refractivity contribution in [3.63, 3.8) is 0 Å². The maximum atomic E-state index is 12.0. The summed E-state index contributed by atoms with van der Waals surface area (Å²) < 4.78 is 4.64. The van der Waals surface area contributed by atoms with Gasteiger partial charge in [-0.05, 0) is 24.3 Å². The van der Waals surface area contributed by atoms with E-state index in [-0.39, 0.29) is 18.5 Å². The first-order chi connectivity index (χ1) is 11.6. The summed E-state index contributed by atoms with van der Waals surface area (Å²) in [6.45, 7) is 6.04. The standard InChI is InChI=1S/C17H25N3O4/c1-24-17(23)14-2-4-15(5-3-14)18-16(22)6-7-19-8-10-20(11-9-19)12-13-21/h2-5,21H,6-13H2,1H3,(H,18,22)/p+2. The molecule has 2 rings (SSSR count). The Bertz CT molecular complexity index is 539. The van der Waals surface area contributed by atoms with Gasteiger partial charge in [-0.3, -0.25) is 4.79 Å². The van der Waals surface area contributed by atoms with Gasteiger partial charge in [0.25, 0.3) is 0 Å². The number of amides is 1. The molecule has 1 aliphatic heterocycles. The zero-order chi connectivity index (χ0) is 17.4. The fourth-order valence-corrected chi connectivity index (χ4v) is 2.94. The molecule has 0 bridgehead atoms. The lowest BCUT2D eigenvalue weighted by molar-refractivity contribution is -1.01. The molecule has 1 aromatic carbocycles. The third-order valence-electron chi connectivity index (χ3n) is 4.42. The Hall–Kier alpha value is -1.96. The smallest absolute Gasteiger partial charge is 0.337 e. The van der Waals surface area contributed by atoms with Crippen LogP contribution in [0.2, 0.25) is 0 Å². The highest BCUT2D eigenvalue weighted by atomic mass is 16.5. The first kappa shape index (κ1) is 18.4. The van der Waals surface area contributed by atoms with E-state index in [1.54, 1.807) is 24.3 Å². The molecule has 0 aliphatic carbocycles. The molecule has 0 atom stereocenters. The molecule has 0 spiro atoms. The van der Waals surface area contributed by atoms with Crippen molar-refractivity contribution in [2.24, 2.45) is 0 Å². The van der Waals surface area contributed by atoms with Gasteiger partial charge < -0.3 is 25.0 Å². The SMILES string of the molecule is COC(=O)c1ccc(NC(=O)CC[NH+]2CC[NH+](CCO)CC2)cc1. The van der Waals surface area contributed by atoms with Crippen molar-refractivity contribution in [2.45, 2.75) is 6.42 Å². The number of anilines is 1. The average Bonchev–Trinajstić information content (AvgIpc) is 2.61. The van der Waals surface area contributed by atoms with Crippen molar-refractivity contribution in [1.82, 2.24) is 0 Å². The third-order valence-corrected chi connectivity index (χ3v) is 4.42. The van der Waals surface area contributed by atoms with Crippen molar-refractivity contribution in [2.75, 3.05) is 58.3 Å². The number of quaternary nitrogens is 2. The third kappa shape index (κ3) is 5.59. The molecule has 7 nitrogen and oxygen atoms in total. The zero-order valence-electron chi connectivity index (χ0n) is 14.1. The normalized spacial score (nSPS) is 20.4. The fourth-order valence-electron chi connectivity index (χ4n) is 2.94. The predicted octanol–water partition coefficient (Wildman–Crippen LogP) is -2.42. The fraction of sp³-hybridized carbons (Fsp3) is 0.529. The topological polar surface area (TPSA) is 84.5 Å². The molecular weight excluding hydrogens is 310 g/mol. The Labute approximate surface area is 142 Å².